The van der Waals surface area contributed by atoms with Gasteiger partial charge >= 0.3 is 0 Å². The van der Waals surface area contributed by atoms with E-state index in [0.717, 1.165) is 24.1 Å². The lowest BCUT2D eigenvalue weighted by Crippen LogP contribution is -2.31. The van der Waals surface area contributed by atoms with Crippen LogP contribution >= 0.6 is 0 Å². The number of amidine groups is 1. The SMILES string of the molecule is CCCC(C)N(C)c1c(C)cccc1C(=N)N. The number of nitrogens with two attached hydrogens (primary N) is 1. The molecule has 0 fully saturated rings. The first-order chi connectivity index (χ1) is 7.99. The molecule has 0 aliphatic carbocycles. The average Bonchev–Trinajstić information content (AvgIpc) is 2.28. The molecular formula is C14H23N3. The van der Waals surface area contributed by atoms with E-state index in [1.807, 2.05) is 12.1 Å². The standard InChI is InChI=1S/C14H23N3/c1-5-7-11(3)17(4)13-10(2)8-6-9-12(13)14(15)16/h6,8-9,11H,5,7H2,1-4H3,(H3,15,16). The van der Waals surface area contributed by atoms with E-state index in [9.17, 15) is 0 Å². The molecule has 1 aromatic carbocycles. The minimum absolute atomic E-state index is 0.138. The van der Waals surface area contributed by atoms with E-state index < -0.39 is 0 Å². The van der Waals surface area contributed by atoms with Crippen molar-refractivity contribution in [1.82, 2.24) is 0 Å². The van der Waals surface area contributed by atoms with Crippen molar-refractivity contribution in [2.45, 2.75) is 39.7 Å². The van der Waals surface area contributed by atoms with Crippen LogP contribution in [0.2, 0.25) is 0 Å². The Morgan fingerprint density at radius 3 is 2.65 bits per heavy atom. The molecule has 0 heterocycles. The van der Waals surface area contributed by atoms with Crippen LogP contribution in [0.4, 0.5) is 5.69 Å². The number of hydrogen-bond acceptors (Lipinski definition) is 2. The molecule has 1 unspecified atom stereocenters. The van der Waals surface area contributed by atoms with Crippen molar-refractivity contribution in [3.05, 3.63) is 29.3 Å². The minimum atomic E-state index is 0.138. The molecular weight excluding hydrogens is 210 g/mol. The van der Waals surface area contributed by atoms with Gasteiger partial charge in [-0.3, -0.25) is 5.41 Å². The molecule has 1 atom stereocenters. The van der Waals surface area contributed by atoms with Gasteiger partial charge in [-0.1, -0.05) is 25.5 Å². The molecule has 0 saturated heterocycles. The van der Waals surface area contributed by atoms with Crippen LogP contribution in [0, 0.1) is 12.3 Å². The summed E-state index contributed by atoms with van der Waals surface area (Å²) in [7, 11) is 2.08. The number of para-hydroxylation sites is 1. The van der Waals surface area contributed by atoms with E-state index in [1.54, 1.807) is 0 Å². The largest absolute Gasteiger partial charge is 0.384 e. The maximum atomic E-state index is 7.66. The zero-order valence-corrected chi connectivity index (χ0v) is 11.2. The van der Waals surface area contributed by atoms with Gasteiger partial charge in [-0.25, -0.2) is 0 Å². The molecule has 0 amide bonds. The molecule has 3 N–H and O–H groups in total. The Labute approximate surface area is 104 Å². The number of hydrogen-bond donors (Lipinski definition) is 2. The van der Waals surface area contributed by atoms with Gasteiger partial charge in [0.2, 0.25) is 0 Å². The topological polar surface area (TPSA) is 53.1 Å². The molecule has 0 aromatic heterocycles. The van der Waals surface area contributed by atoms with Crippen LogP contribution < -0.4 is 10.6 Å². The van der Waals surface area contributed by atoms with Crippen LogP contribution in [-0.4, -0.2) is 18.9 Å². The van der Waals surface area contributed by atoms with Crippen molar-refractivity contribution < 1.29 is 0 Å². The van der Waals surface area contributed by atoms with Crippen LogP contribution in [-0.2, 0) is 0 Å². The van der Waals surface area contributed by atoms with Gasteiger partial charge in [0.1, 0.15) is 5.84 Å². The van der Waals surface area contributed by atoms with Gasteiger partial charge in [-0.05, 0) is 31.9 Å². The zero-order valence-electron chi connectivity index (χ0n) is 11.2. The summed E-state index contributed by atoms with van der Waals surface area (Å²) < 4.78 is 0. The van der Waals surface area contributed by atoms with Crippen LogP contribution in [0.15, 0.2) is 18.2 Å². The molecule has 0 radical (unpaired) electrons. The van der Waals surface area contributed by atoms with Crippen molar-refractivity contribution in [3.63, 3.8) is 0 Å². The molecule has 1 aromatic rings. The molecule has 0 saturated carbocycles. The fourth-order valence-electron chi connectivity index (χ4n) is 2.18. The third-order valence-electron chi connectivity index (χ3n) is 3.25. The van der Waals surface area contributed by atoms with E-state index in [1.165, 1.54) is 5.56 Å². The third-order valence-corrected chi connectivity index (χ3v) is 3.25. The van der Waals surface area contributed by atoms with Gasteiger partial charge in [0.25, 0.3) is 0 Å². The van der Waals surface area contributed by atoms with Crippen molar-refractivity contribution >= 4 is 11.5 Å². The highest BCUT2D eigenvalue weighted by Crippen LogP contribution is 2.26. The molecule has 0 aliphatic heterocycles. The van der Waals surface area contributed by atoms with E-state index in [2.05, 4.69) is 38.8 Å². The summed E-state index contributed by atoms with van der Waals surface area (Å²) in [6, 6.07) is 6.39. The van der Waals surface area contributed by atoms with E-state index in [-0.39, 0.29) is 5.84 Å². The zero-order chi connectivity index (χ0) is 13.0. The summed E-state index contributed by atoms with van der Waals surface area (Å²) in [5, 5.41) is 7.66. The molecule has 0 spiro atoms. The third kappa shape index (κ3) is 2.99. The highest BCUT2D eigenvalue weighted by molar-refractivity contribution is 6.01. The second-order valence-electron chi connectivity index (χ2n) is 4.63. The lowest BCUT2D eigenvalue weighted by molar-refractivity contribution is 0.615. The first kappa shape index (κ1) is 13.6. The van der Waals surface area contributed by atoms with Crippen molar-refractivity contribution in [2.75, 3.05) is 11.9 Å². The van der Waals surface area contributed by atoms with Gasteiger partial charge in [-0.15, -0.1) is 0 Å². The molecule has 1 rings (SSSR count). The lowest BCUT2D eigenvalue weighted by Gasteiger charge is -2.30. The number of nitrogens with zero attached hydrogens (tertiary/aromatic N) is 1. The number of aryl methyl sites for hydroxylation is 1. The van der Waals surface area contributed by atoms with Gasteiger partial charge in [0, 0.05) is 18.7 Å². The molecule has 17 heavy (non-hydrogen) atoms. The Morgan fingerprint density at radius 2 is 2.12 bits per heavy atom. The normalized spacial score (nSPS) is 12.2. The number of rotatable bonds is 5. The fraction of sp³-hybridized carbons (Fsp3) is 0.500. The Bertz CT molecular complexity index is 398. The van der Waals surface area contributed by atoms with Crippen LogP contribution in [0.25, 0.3) is 0 Å². The summed E-state index contributed by atoms with van der Waals surface area (Å²) in [5.74, 6) is 0.138. The lowest BCUT2D eigenvalue weighted by atomic mass is 10.0. The van der Waals surface area contributed by atoms with Gasteiger partial charge in [0.15, 0.2) is 0 Å². The van der Waals surface area contributed by atoms with Crippen molar-refractivity contribution in [2.24, 2.45) is 5.73 Å². The summed E-state index contributed by atoms with van der Waals surface area (Å²) in [5.41, 5.74) is 8.73. The van der Waals surface area contributed by atoms with Gasteiger partial charge in [0.05, 0.1) is 5.69 Å². The maximum Gasteiger partial charge on any atom is 0.124 e. The predicted molar refractivity (Wildman–Crippen MR) is 75.0 cm³/mol. The number of nitrogens with one attached hydrogen (secondary N) is 1. The highest BCUT2D eigenvalue weighted by atomic mass is 15.1. The molecule has 3 heteroatoms. The molecule has 0 bridgehead atoms. The van der Waals surface area contributed by atoms with Crippen LogP contribution in [0.3, 0.4) is 0 Å². The molecule has 3 nitrogen and oxygen atoms in total. The Morgan fingerprint density at radius 1 is 1.47 bits per heavy atom. The summed E-state index contributed by atoms with van der Waals surface area (Å²) in [4.78, 5) is 2.23. The van der Waals surface area contributed by atoms with Gasteiger partial charge < -0.3 is 10.6 Å². The fourth-order valence-corrected chi connectivity index (χ4v) is 2.18. The quantitative estimate of drug-likeness (QED) is 0.607. The predicted octanol–water partition coefficient (Wildman–Crippen LogP) is 2.90. The monoisotopic (exact) mass is 233 g/mol. The number of benzene rings is 1. The minimum Gasteiger partial charge on any atom is -0.384 e. The first-order valence-electron chi connectivity index (χ1n) is 6.15. The Hall–Kier alpha value is -1.51. The number of nitrogen functional groups attached to an aromatic ring is 1. The van der Waals surface area contributed by atoms with E-state index in [0.29, 0.717) is 6.04 Å². The maximum absolute atomic E-state index is 7.66. The summed E-state index contributed by atoms with van der Waals surface area (Å²) in [6.45, 7) is 6.46. The Kier molecular flexibility index (Phi) is 4.55. The highest BCUT2D eigenvalue weighted by Gasteiger charge is 2.16. The average molecular weight is 233 g/mol. The second-order valence-corrected chi connectivity index (χ2v) is 4.63. The summed E-state index contributed by atoms with van der Waals surface area (Å²) >= 11 is 0. The van der Waals surface area contributed by atoms with E-state index >= 15 is 0 Å². The van der Waals surface area contributed by atoms with Gasteiger partial charge in [-0.2, -0.15) is 0 Å². The molecule has 94 valence electrons. The smallest absolute Gasteiger partial charge is 0.124 e. The molecule has 0 aliphatic rings. The Balaban J connectivity index is 3.15. The van der Waals surface area contributed by atoms with Crippen molar-refractivity contribution in [1.29, 1.82) is 5.41 Å². The summed E-state index contributed by atoms with van der Waals surface area (Å²) in [6.07, 6.45) is 2.30. The van der Waals surface area contributed by atoms with Crippen LogP contribution in [0.5, 0.6) is 0 Å². The number of anilines is 1. The van der Waals surface area contributed by atoms with Crippen molar-refractivity contribution in [3.8, 4) is 0 Å². The van der Waals surface area contributed by atoms with E-state index in [4.69, 9.17) is 11.1 Å². The van der Waals surface area contributed by atoms with Crippen LogP contribution in [0.1, 0.15) is 37.8 Å². The second kappa shape index (κ2) is 5.71. The first-order valence-corrected chi connectivity index (χ1v) is 6.15.